The number of nitrogens with one attached hydrogen (secondary N) is 1. The summed E-state index contributed by atoms with van der Waals surface area (Å²) in [4.78, 5) is 1.30. The first-order chi connectivity index (χ1) is 6.86. The van der Waals surface area contributed by atoms with Gasteiger partial charge in [0.25, 0.3) is 0 Å². The lowest BCUT2D eigenvalue weighted by Gasteiger charge is -2.06. The molecule has 3 N–H and O–H groups in total. The van der Waals surface area contributed by atoms with Crippen LogP contribution in [0.4, 0.5) is 5.69 Å². The van der Waals surface area contributed by atoms with Gasteiger partial charge in [0.15, 0.2) is 0 Å². The molecular formula is C11H18N2S. The summed E-state index contributed by atoms with van der Waals surface area (Å²) in [6, 6.07) is 8.51. The maximum absolute atomic E-state index is 5.42. The normalized spacial score (nSPS) is 10.1. The van der Waals surface area contributed by atoms with Crippen LogP contribution in [-0.4, -0.2) is 19.3 Å². The zero-order valence-electron chi connectivity index (χ0n) is 8.62. The molecule has 0 aromatic heterocycles. The highest BCUT2D eigenvalue weighted by Crippen LogP contribution is 2.17. The highest BCUT2D eigenvalue weighted by molar-refractivity contribution is 7.98. The first-order valence-electron chi connectivity index (χ1n) is 4.95. The van der Waals surface area contributed by atoms with Crippen molar-refractivity contribution < 1.29 is 0 Å². The van der Waals surface area contributed by atoms with Gasteiger partial charge in [-0.3, -0.25) is 0 Å². The zero-order valence-corrected chi connectivity index (χ0v) is 9.44. The first kappa shape index (κ1) is 11.4. The van der Waals surface area contributed by atoms with E-state index < -0.39 is 0 Å². The van der Waals surface area contributed by atoms with Crippen LogP contribution in [0.3, 0.4) is 0 Å². The minimum atomic E-state index is 0.785. The molecule has 0 saturated carbocycles. The third-order valence-electron chi connectivity index (χ3n) is 2.05. The van der Waals surface area contributed by atoms with Crippen LogP contribution in [0.15, 0.2) is 29.2 Å². The van der Waals surface area contributed by atoms with Gasteiger partial charge in [0.1, 0.15) is 0 Å². The fraction of sp³-hybridized carbons (Fsp3) is 0.455. The van der Waals surface area contributed by atoms with Gasteiger partial charge in [0, 0.05) is 17.1 Å². The molecule has 0 radical (unpaired) electrons. The summed E-state index contributed by atoms with van der Waals surface area (Å²) in [6.07, 6.45) is 4.32. The van der Waals surface area contributed by atoms with Crippen molar-refractivity contribution in [3.05, 3.63) is 24.3 Å². The third-order valence-corrected chi connectivity index (χ3v) is 2.79. The van der Waals surface area contributed by atoms with Crippen LogP contribution in [0.5, 0.6) is 0 Å². The molecule has 0 aliphatic heterocycles. The van der Waals surface area contributed by atoms with Crippen molar-refractivity contribution >= 4 is 17.4 Å². The maximum Gasteiger partial charge on any atom is 0.0340 e. The van der Waals surface area contributed by atoms with E-state index >= 15 is 0 Å². The Bertz CT molecular complexity index is 246. The quantitative estimate of drug-likeness (QED) is 0.560. The van der Waals surface area contributed by atoms with Crippen LogP contribution in [0.2, 0.25) is 0 Å². The second-order valence-corrected chi connectivity index (χ2v) is 4.03. The molecule has 1 aromatic rings. The summed E-state index contributed by atoms with van der Waals surface area (Å²) in [6.45, 7) is 1.79. The number of nitrogens with two attached hydrogens (primary N) is 1. The predicted molar refractivity (Wildman–Crippen MR) is 65.0 cm³/mol. The highest BCUT2D eigenvalue weighted by atomic mass is 32.2. The molecule has 14 heavy (non-hydrogen) atoms. The molecule has 1 aromatic carbocycles. The highest BCUT2D eigenvalue weighted by Gasteiger charge is 1.92. The largest absolute Gasteiger partial charge is 0.385 e. The van der Waals surface area contributed by atoms with Gasteiger partial charge in [0.2, 0.25) is 0 Å². The topological polar surface area (TPSA) is 38.0 Å². The Morgan fingerprint density at radius 2 is 1.93 bits per heavy atom. The van der Waals surface area contributed by atoms with Crippen LogP contribution in [0.25, 0.3) is 0 Å². The monoisotopic (exact) mass is 210 g/mol. The van der Waals surface area contributed by atoms with Crippen LogP contribution >= 0.6 is 11.8 Å². The molecule has 2 nitrogen and oxygen atoms in total. The molecule has 78 valence electrons. The number of hydrogen-bond acceptors (Lipinski definition) is 3. The predicted octanol–water partition coefficient (Wildman–Crippen LogP) is 2.56. The van der Waals surface area contributed by atoms with Gasteiger partial charge in [-0.2, -0.15) is 0 Å². The summed E-state index contributed by atoms with van der Waals surface area (Å²) >= 11 is 1.77. The number of rotatable bonds is 6. The van der Waals surface area contributed by atoms with E-state index in [9.17, 15) is 0 Å². The lowest BCUT2D eigenvalue weighted by atomic mass is 10.3. The van der Waals surface area contributed by atoms with Gasteiger partial charge in [-0.25, -0.2) is 0 Å². The smallest absolute Gasteiger partial charge is 0.0340 e. The molecule has 3 heteroatoms. The molecule has 0 amide bonds. The van der Waals surface area contributed by atoms with Gasteiger partial charge in [-0.05, 0) is 49.9 Å². The van der Waals surface area contributed by atoms with E-state index in [2.05, 4.69) is 35.8 Å². The minimum absolute atomic E-state index is 0.785. The van der Waals surface area contributed by atoms with E-state index in [0.29, 0.717) is 0 Å². The summed E-state index contributed by atoms with van der Waals surface area (Å²) in [7, 11) is 0. The van der Waals surface area contributed by atoms with Gasteiger partial charge >= 0.3 is 0 Å². The second kappa shape index (κ2) is 6.74. The van der Waals surface area contributed by atoms with Crippen molar-refractivity contribution in [1.29, 1.82) is 0 Å². The van der Waals surface area contributed by atoms with Gasteiger partial charge in [-0.15, -0.1) is 11.8 Å². The molecule has 0 spiro atoms. The van der Waals surface area contributed by atoms with Gasteiger partial charge in [-0.1, -0.05) is 0 Å². The molecular weight excluding hydrogens is 192 g/mol. The number of benzene rings is 1. The summed E-state index contributed by atoms with van der Waals surface area (Å²) in [5, 5.41) is 3.37. The Morgan fingerprint density at radius 3 is 2.50 bits per heavy atom. The lowest BCUT2D eigenvalue weighted by Crippen LogP contribution is -2.05. The third kappa shape index (κ3) is 4.03. The van der Waals surface area contributed by atoms with Crippen molar-refractivity contribution in [2.45, 2.75) is 17.7 Å². The molecule has 0 aliphatic carbocycles. The molecule has 0 unspecified atom stereocenters. The van der Waals surface area contributed by atoms with E-state index in [0.717, 1.165) is 25.9 Å². The van der Waals surface area contributed by atoms with E-state index in [1.807, 2.05) is 0 Å². The molecule has 0 bridgehead atoms. The van der Waals surface area contributed by atoms with Crippen molar-refractivity contribution in [3.8, 4) is 0 Å². The summed E-state index contributed by atoms with van der Waals surface area (Å²) < 4.78 is 0. The Balaban J connectivity index is 2.29. The Kier molecular flexibility index (Phi) is 5.49. The SMILES string of the molecule is CSc1ccc(NCCCCN)cc1. The van der Waals surface area contributed by atoms with E-state index in [4.69, 9.17) is 5.73 Å². The van der Waals surface area contributed by atoms with E-state index in [-0.39, 0.29) is 0 Å². The molecule has 0 fully saturated rings. The van der Waals surface area contributed by atoms with Crippen LogP contribution in [-0.2, 0) is 0 Å². The van der Waals surface area contributed by atoms with Gasteiger partial charge in [0.05, 0.1) is 0 Å². The lowest BCUT2D eigenvalue weighted by molar-refractivity contribution is 0.774. The van der Waals surface area contributed by atoms with Gasteiger partial charge < -0.3 is 11.1 Å². The maximum atomic E-state index is 5.42. The fourth-order valence-corrected chi connectivity index (χ4v) is 1.62. The Labute approximate surface area is 90.3 Å². The first-order valence-corrected chi connectivity index (χ1v) is 6.17. The number of thioether (sulfide) groups is 1. The standard InChI is InChI=1S/C11H18N2S/c1-14-11-6-4-10(5-7-11)13-9-3-2-8-12/h4-7,13H,2-3,8-9,12H2,1H3. The minimum Gasteiger partial charge on any atom is -0.385 e. The zero-order chi connectivity index (χ0) is 10.2. The molecule has 0 aliphatic rings. The van der Waals surface area contributed by atoms with Crippen molar-refractivity contribution in [3.63, 3.8) is 0 Å². The fourth-order valence-electron chi connectivity index (χ4n) is 1.21. The number of hydrogen-bond donors (Lipinski definition) is 2. The number of unbranched alkanes of at least 4 members (excludes halogenated alkanes) is 1. The van der Waals surface area contributed by atoms with Crippen LogP contribution in [0, 0.1) is 0 Å². The molecule has 0 atom stereocenters. The second-order valence-electron chi connectivity index (χ2n) is 3.15. The number of anilines is 1. The van der Waals surface area contributed by atoms with Crippen molar-refractivity contribution in [1.82, 2.24) is 0 Å². The van der Waals surface area contributed by atoms with Crippen LogP contribution in [0.1, 0.15) is 12.8 Å². The molecule has 0 saturated heterocycles. The van der Waals surface area contributed by atoms with Crippen LogP contribution < -0.4 is 11.1 Å². The molecule has 1 rings (SSSR count). The van der Waals surface area contributed by atoms with Crippen molar-refractivity contribution in [2.24, 2.45) is 5.73 Å². The average Bonchev–Trinajstić information content (AvgIpc) is 2.25. The average molecular weight is 210 g/mol. The Hall–Kier alpha value is -0.670. The Morgan fingerprint density at radius 1 is 1.21 bits per heavy atom. The van der Waals surface area contributed by atoms with E-state index in [1.54, 1.807) is 11.8 Å². The summed E-state index contributed by atoms with van der Waals surface area (Å²) in [5.41, 5.74) is 6.61. The van der Waals surface area contributed by atoms with Crippen molar-refractivity contribution in [2.75, 3.05) is 24.7 Å². The molecule has 0 heterocycles. The van der Waals surface area contributed by atoms with E-state index in [1.165, 1.54) is 10.6 Å². The summed E-state index contributed by atoms with van der Waals surface area (Å²) in [5.74, 6) is 0.